The maximum Gasteiger partial charge on any atom is 0.341 e. The van der Waals surface area contributed by atoms with E-state index in [1.807, 2.05) is 0 Å². The molecular formula is C41H45N3O3. The molecule has 2 aliphatic carbocycles. The van der Waals surface area contributed by atoms with E-state index < -0.39 is 12.6 Å². The summed E-state index contributed by atoms with van der Waals surface area (Å²) in [5.74, 6) is 1.15. The molecule has 7 rings (SSSR count). The van der Waals surface area contributed by atoms with Gasteiger partial charge in [0.15, 0.2) is 6.61 Å². The number of fused-ring (bicyclic) bond motifs is 4. The van der Waals surface area contributed by atoms with Gasteiger partial charge in [-0.05, 0) is 112 Å². The number of nitrogens with two attached hydrogens (primary N) is 1. The second kappa shape index (κ2) is 11.9. The number of hydrogen-bond acceptors (Lipinski definition) is 4. The zero-order valence-electron chi connectivity index (χ0n) is 27.9. The van der Waals surface area contributed by atoms with Crippen LogP contribution in [-0.4, -0.2) is 27.7 Å². The van der Waals surface area contributed by atoms with Crippen molar-refractivity contribution in [1.82, 2.24) is 9.97 Å². The fourth-order valence-corrected chi connectivity index (χ4v) is 8.92. The number of H-pyrrole nitrogens is 1. The van der Waals surface area contributed by atoms with E-state index in [0.717, 1.165) is 23.9 Å². The average molecular weight is 628 g/mol. The summed E-state index contributed by atoms with van der Waals surface area (Å²) in [7, 11) is 0. The third-order valence-corrected chi connectivity index (χ3v) is 11.2. The minimum Gasteiger partial charge on any atom is -0.482 e. The first kappa shape index (κ1) is 31.0. The molecular weight excluding hydrogens is 582 g/mol. The van der Waals surface area contributed by atoms with Crippen LogP contribution in [0.5, 0.6) is 5.75 Å². The topological polar surface area (TPSA) is 101 Å². The summed E-state index contributed by atoms with van der Waals surface area (Å²) in [6.07, 6.45) is 6.87. The molecule has 0 radical (unpaired) electrons. The van der Waals surface area contributed by atoms with Gasteiger partial charge in [-0.2, -0.15) is 0 Å². The average Bonchev–Trinajstić information content (AvgIpc) is 3.49. The van der Waals surface area contributed by atoms with Crippen molar-refractivity contribution in [3.8, 4) is 28.3 Å². The lowest BCUT2D eigenvalue weighted by molar-refractivity contribution is -0.139. The molecule has 1 saturated carbocycles. The molecule has 0 amide bonds. The summed E-state index contributed by atoms with van der Waals surface area (Å²) >= 11 is 0. The van der Waals surface area contributed by atoms with E-state index in [1.54, 1.807) is 29.3 Å². The van der Waals surface area contributed by atoms with Gasteiger partial charge in [-0.25, -0.2) is 9.78 Å². The number of benzene rings is 4. The highest BCUT2D eigenvalue weighted by molar-refractivity contribution is 5.90. The fourth-order valence-electron chi connectivity index (χ4n) is 8.92. The van der Waals surface area contributed by atoms with Gasteiger partial charge in [-0.15, -0.1) is 0 Å². The molecule has 0 spiro atoms. The van der Waals surface area contributed by atoms with E-state index >= 15 is 0 Å². The molecule has 47 heavy (non-hydrogen) atoms. The molecule has 1 fully saturated rings. The summed E-state index contributed by atoms with van der Waals surface area (Å²) in [4.78, 5) is 19.9. The number of nitrogens with zero attached hydrogens (tertiary/aromatic N) is 1. The maximum atomic E-state index is 11.1. The standard InChI is InChI=1S/C41H45N3O3/c1-25(2)27-11-15-33-28(21-27)12-18-36-40(3,19-8-20-41(33,36)4)23-32-30(26-9-6-5-7-10-26)14-17-35-38(32)44-39(43-35)31-22-29(13-16-34(31)42)47-24-37(45)46/h5-7,9-11,13-17,21-22,25,36H,8,12,18-20,23-24,42H2,1-4H3,(H,43,44)(H,45,46)/t36-,40+,41+/m0/s1. The second-order valence-electron chi connectivity index (χ2n) is 14.6. The van der Waals surface area contributed by atoms with Crippen molar-refractivity contribution in [1.29, 1.82) is 0 Å². The Morgan fingerprint density at radius 2 is 1.83 bits per heavy atom. The first-order valence-electron chi connectivity index (χ1n) is 17.0. The van der Waals surface area contributed by atoms with Crippen molar-refractivity contribution in [2.75, 3.05) is 12.3 Å². The highest BCUT2D eigenvalue weighted by atomic mass is 16.5. The van der Waals surface area contributed by atoms with E-state index in [2.05, 4.69) is 93.3 Å². The van der Waals surface area contributed by atoms with Crippen molar-refractivity contribution < 1.29 is 14.6 Å². The number of rotatable bonds is 8. The minimum absolute atomic E-state index is 0.0853. The van der Waals surface area contributed by atoms with Gasteiger partial charge in [0, 0.05) is 11.3 Å². The Hall–Kier alpha value is -4.58. The number of nitrogen functional groups attached to an aromatic ring is 1. The number of aromatic amines is 1. The minimum atomic E-state index is -1.03. The molecule has 242 valence electrons. The van der Waals surface area contributed by atoms with Gasteiger partial charge in [-0.3, -0.25) is 0 Å². The van der Waals surface area contributed by atoms with E-state index in [0.29, 0.717) is 34.7 Å². The Kier molecular flexibility index (Phi) is 7.86. The van der Waals surface area contributed by atoms with Crippen molar-refractivity contribution in [2.24, 2.45) is 11.3 Å². The first-order chi connectivity index (χ1) is 22.6. The number of carbonyl (C=O) groups is 1. The molecule has 0 aliphatic heterocycles. The van der Waals surface area contributed by atoms with Crippen LogP contribution in [0.2, 0.25) is 0 Å². The van der Waals surface area contributed by atoms with Gasteiger partial charge >= 0.3 is 5.97 Å². The molecule has 5 aromatic rings. The molecule has 6 heteroatoms. The second-order valence-corrected chi connectivity index (χ2v) is 14.6. The van der Waals surface area contributed by atoms with Crippen LogP contribution in [0.25, 0.3) is 33.5 Å². The lowest BCUT2D eigenvalue weighted by Crippen LogP contribution is -2.50. The number of carboxylic acid groups (broad SMARTS) is 1. The molecule has 0 saturated heterocycles. The number of aliphatic carboxylic acids is 1. The van der Waals surface area contributed by atoms with Crippen molar-refractivity contribution in [3.63, 3.8) is 0 Å². The zero-order chi connectivity index (χ0) is 32.9. The van der Waals surface area contributed by atoms with Crippen LogP contribution in [0.15, 0.2) is 78.9 Å². The summed E-state index contributed by atoms with van der Waals surface area (Å²) in [5.41, 5.74) is 18.1. The summed E-state index contributed by atoms with van der Waals surface area (Å²) in [6.45, 7) is 9.23. The normalized spacial score (nSPS) is 22.2. The number of carboxylic acids is 1. The van der Waals surface area contributed by atoms with Gasteiger partial charge in [0.05, 0.1) is 11.0 Å². The number of ether oxygens (including phenoxy) is 1. The van der Waals surface area contributed by atoms with Crippen LogP contribution >= 0.6 is 0 Å². The Balaban J connectivity index is 1.33. The highest BCUT2D eigenvalue weighted by Gasteiger charge is 2.51. The number of anilines is 1. The Labute approximate surface area is 277 Å². The smallest absolute Gasteiger partial charge is 0.341 e. The van der Waals surface area contributed by atoms with E-state index in [9.17, 15) is 4.79 Å². The molecule has 4 N–H and O–H groups in total. The summed E-state index contributed by atoms with van der Waals surface area (Å²) < 4.78 is 5.48. The van der Waals surface area contributed by atoms with Crippen LogP contribution in [0.3, 0.4) is 0 Å². The van der Waals surface area contributed by atoms with Gasteiger partial charge in [-0.1, -0.05) is 88.7 Å². The van der Waals surface area contributed by atoms with Gasteiger partial charge in [0.2, 0.25) is 0 Å². The monoisotopic (exact) mass is 627 g/mol. The molecule has 2 aliphatic rings. The first-order valence-corrected chi connectivity index (χ1v) is 17.0. The molecule has 0 unspecified atom stereocenters. The summed E-state index contributed by atoms with van der Waals surface area (Å²) in [5, 5.41) is 9.12. The maximum absolute atomic E-state index is 11.1. The van der Waals surface area contributed by atoms with Gasteiger partial charge in [0.1, 0.15) is 11.6 Å². The lowest BCUT2D eigenvalue weighted by atomic mass is 9.48. The Morgan fingerprint density at radius 3 is 2.60 bits per heavy atom. The van der Waals surface area contributed by atoms with Crippen LogP contribution in [0.4, 0.5) is 5.69 Å². The van der Waals surface area contributed by atoms with Crippen molar-refractivity contribution in [3.05, 3.63) is 101 Å². The van der Waals surface area contributed by atoms with Crippen molar-refractivity contribution >= 4 is 22.7 Å². The zero-order valence-corrected chi connectivity index (χ0v) is 27.9. The predicted octanol–water partition coefficient (Wildman–Crippen LogP) is 9.32. The van der Waals surface area contributed by atoms with Crippen LogP contribution < -0.4 is 10.5 Å². The number of hydrogen-bond donors (Lipinski definition) is 3. The lowest BCUT2D eigenvalue weighted by Gasteiger charge is -2.56. The fraction of sp³-hybridized carbons (Fsp3) is 0.366. The molecule has 4 aromatic carbocycles. The number of nitrogens with one attached hydrogen (secondary N) is 1. The number of imidazole rings is 1. The predicted molar refractivity (Wildman–Crippen MR) is 190 cm³/mol. The molecule has 0 bridgehead atoms. The van der Waals surface area contributed by atoms with Crippen LogP contribution in [-0.2, 0) is 23.1 Å². The third-order valence-electron chi connectivity index (χ3n) is 11.2. The molecule has 1 aromatic heterocycles. The quantitative estimate of drug-likeness (QED) is 0.149. The highest BCUT2D eigenvalue weighted by Crippen LogP contribution is 2.59. The van der Waals surface area contributed by atoms with Gasteiger partial charge < -0.3 is 20.6 Å². The largest absolute Gasteiger partial charge is 0.482 e. The number of aryl methyl sites for hydroxylation is 1. The Bertz CT molecular complexity index is 1960. The SMILES string of the molecule is CC(C)c1ccc2c(c1)CC[C@H]1[C@@](C)(Cc3c(-c4ccccc4)ccc4[nH]c(-c5cc(OCC(=O)O)ccc5N)nc34)CCC[C@]21C. The van der Waals surface area contributed by atoms with Gasteiger partial charge in [0.25, 0.3) is 0 Å². The Morgan fingerprint density at radius 1 is 1.02 bits per heavy atom. The molecule has 6 nitrogen and oxygen atoms in total. The van der Waals surface area contributed by atoms with Crippen LogP contribution in [0.1, 0.15) is 81.5 Å². The third kappa shape index (κ3) is 5.58. The molecule has 1 heterocycles. The molecule has 3 atom stereocenters. The van der Waals surface area contributed by atoms with E-state index in [-0.39, 0.29) is 10.8 Å². The van der Waals surface area contributed by atoms with Crippen molar-refractivity contribution in [2.45, 2.75) is 77.6 Å². The summed E-state index contributed by atoms with van der Waals surface area (Å²) in [6, 6.07) is 27.5. The van der Waals surface area contributed by atoms with Crippen LogP contribution in [0, 0.1) is 11.3 Å². The van der Waals surface area contributed by atoms with E-state index in [4.69, 9.17) is 20.6 Å². The van der Waals surface area contributed by atoms with E-state index in [1.165, 1.54) is 47.9 Å². The number of aromatic nitrogens is 2.